The van der Waals surface area contributed by atoms with E-state index in [0.717, 1.165) is 70.8 Å². The Morgan fingerprint density at radius 1 is 1.00 bits per heavy atom. The predicted molar refractivity (Wildman–Crippen MR) is 111 cm³/mol. The molecule has 2 aliphatic rings. The highest BCUT2D eigenvalue weighted by atomic mass is 16.2. The number of nitrogens with zero attached hydrogens (tertiary/aromatic N) is 1. The fourth-order valence-corrected chi connectivity index (χ4v) is 4.63. The Labute approximate surface area is 166 Å². The SMILES string of the molecule is CCCCC(C)(C)C(=O)N[C@H]1CCCCC12CN2C(=O)C(C)(C)CCCC. The molecule has 2 rings (SSSR count). The average Bonchev–Trinajstić information content (AvgIpc) is 3.34. The zero-order valence-corrected chi connectivity index (χ0v) is 18.6. The van der Waals surface area contributed by atoms with Crippen LogP contribution in [0.5, 0.6) is 0 Å². The van der Waals surface area contributed by atoms with E-state index in [0.29, 0.717) is 0 Å². The van der Waals surface area contributed by atoms with Crippen LogP contribution in [-0.2, 0) is 9.59 Å². The summed E-state index contributed by atoms with van der Waals surface area (Å²) in [7, 11) is 0. The van der Waals surface area contributed by atoms with Crippen LogP contribution in [0, 0.1) is 10.8 Å². The van der Waals surface area contributed by atoms with Gasteiger partial charge in [-0.3, -0.25) is 9.59 Å². The van der Waals surface area contributed by atoms with E-state index in [4.69, 9.17) is 0 Å². The van der Waals surface area contributed by atoms with E-state index < -0.39 is 0 Å². The third kappa shape index (κ3) is 4.86. The Bertz CT molecular complexity index is 540. The van der Waals surface area contributed by atoms with E-state index in [1.807, 2.05) is 0 Å². The number of amides is 2. The van der Waals surface area contributed by atoms with Crippen LogP contribution in [0.2, 0.25) is 0 Å². The van der Waals surface area contributed by atoms with Crippen molar-refractivity contribution in [1.29, 1.82) is 0 Å². The molecule has 1 aliphatic heterocycles. The molecule has 1 N–H and O–H groups in total. The van der Waals surface area contributed by atoms with E-state index in [1.165, 1.54) is 0 Å². The molecule has 4 nitrogen and oxygen atoms in total. The van der Waals surface area contributed by atoms with Crippen LogP contribution in [0.25, 0.3) is 0 Å². The van der Waals surface area contributed by atoms with Gasteiger partial charge in [0, 0.05) is 17.4 Å². The molecular formula is C23H42N2O2. The molecule has 2 amide bonds. The molecule has 0 radical (unpaired) electrons. The van der Waals surface area contributed by atoms with Gasteiger partial charge in [0.05, 0.1) is 11.6 Å². The second-order valence-corrected chi connectivity index (χ2v) is 10.2. The summed E-state index contributed by atoms with van der Waals surface area (Å²) >= 11 is 0. The van der Waals surface area contributed by atoms with Crippen LogP contribution in [0.15, 0.2) is 0 Å². The number of carbonyl (C=O) groups is 2. The first-order valence-electron chi connectivity index (χ1n) is 11.2. The summed E-state index contributed by atoms with van der Waals surface area (Å²) in [5.41, 5.74) is -0.750. The first kappa shape index (κ1) is 22.2. The Morgan fingerprint density at radius 2 is 1.59 bits per heavy atom. The highest BCUT2D eigenvalue weighted by Gasteiger charge is 2.62. The lowest BCUT2D eigenvalue weighted by Crippen LogP contribution is -2.53. The van der Waals surface area contributed by atoms with Gasteiger partial charge in [0.15, 0.2) is 0 Å². The van der Waals surface area contributed by atoms with Gasteiger partial charge in [0.25, 0.3) is 0 Å². The normalized spacial score (nSPS) is 25.6. The van der Waals surface area contributed by atoms with Crippen LogP contribution >= 0.6 is 0 Å². The quantitative estimate of drug-likeness (QED) is 0.570. The molecule has 2 atom stereocenters. The fraction of sp³-hybridized carbons (Fsp3) is 0.913. The zero-order valence-electron chi connectivity index (χ0n) is 18.6. The largest absolute Gasteiger partial charge is 0.350 e. The monoisotopic (exact) mass is 378 g/mol. The smallest absolute Gasteiger partial charge is 0.228 e. The topological polar surface area (TPSA) is 49.2 Å². The molecule has 1 unspecified atom stereocenters. The third-order valence-electron chi connectivity index (χ3n) is 6.92. The van der Waals surface area contributed by atoms with Gasteiger partial charge in [0.2, 0.25) is 11.8 Å². The van der Waals surface area contributed by atoms with Crippen LogP contribution in [0.4, 0.5) is 0 Å². The summed E-state index contributed by atoms with van der Waals surface area (Å²) in [6.07, 6.45) is 10.6. The summed E-state index contributed by atoms with van der Waals surface area (Å²) in [6.45, 7) is 13.4. The molecule has 1 saturated carbocycles. The van der Waals surface area contributed by atoms with E-state index in [2.05, 4.69) is 51.8 Å². The number of hydrogen-bond donors (Lipinski definition) is 1. The zero-order chi connectivity index (χ0) is 20.3. The molecule has 4 heteroatoms. The van der Waals surface area contributed by atoms with Crippen LogP contribution in [0.3, 0.4) is 0 Å². The molecule has 27 heavy (non-hydrogen) atoms. The van der Waals surface area contributed by atoms with Crippen LogP contribution in [-0.4, -0.2) is 34.8 Å². The highest BCUT2D eigenvalue weighted by molar-refractivity contribution is 5.86. The molecule has 0 bridgehead atoms. The maximum Gasteiger partial charge on any atom is 0.228 e. The second kappa shape index (κ2) is 8.53. The fourth-order valence-electron chi connectivity index (χ4n) is 4.63. The Kier molecular flexibility index (Phi) is 7.02. The molecule has 0 aromatic heterocycles. The molecule has 1 saturated heterocycles. The minimum Gasteiger partial charge on any atom is -0.350 e. The number of hydrogen-bond acceptors (Lipinski definition) is 2. The molecule has 156 valence electrons. The van der Waals surface area contributed by atoms with Crippen molar-refractivity contribution in [3.63, 3.8) is 0 Å². The first-order valence-corrected chi connectivity index (χ1v) is 11.2. The van der Waals surface area contributed by atoms with E-state index >= 15 is 0 Å². The van der Waals surface area contributed by atoms with Crippen molar-refractivity contribution in [2.75, 3.05) is 6.54 Å². The maximum absolute atomic E-state index is 13.2. The van der Waals surface area contributed by atoms with Crippen molar-refractivity contribution in [2.45, 2.75) is 117 Å². The predicted octanol–water partition coefficient (Wildman–Crippen LogP) is 5.06. The molecule has 1 heterocycles. The summed E-state index contributed by atoms with van der Waals surface area (Å²) in [6, 6.07) is 0.116. The van der Waals surface area contributed by atoms with Crippen molar-refractivity contribution in [1.82, 2.24) is 10.2 Å². The first-order chi connectivity index (χ1) is 12.6. The minimum absolute atomic E-state index is 0.116. The molecular weight excluding hydrogens is 336 g/mol. The van der Waals surface area contributed by atoms with Gasteiger partial charge in [-0.2, -0.15) is 0 Å². The van der Waals surface area contributed by atoms with Crippen LogP contribution < -0.4 is 5.32 Å². The van der Waals surface area contributed by atoms with Crippen molar-refractivity contribution >= 4 is 11.8 Å². The molecule has 0 aromatic rings. The van der Waals surface area contributed by atoms with Gasteiger partial charge >= 0.3 is 0 Å². The van der Waals surface area contributed by atoms with Crippen molar-refractivity contribution in [3.05, 3.63) is 0 Å². The van der Waals surface area contributed by atoms with Crippen LogP contribution in [0.1, 0.15) is 106 Å². The number of rotatable bonds is 9. The van der Waals surface area contributed by atoms with E-state index in [1.54, 1.807) is 0 Å². The standard InChI is InChI=1S/C23H42N2O2/c1-7-9-14-21(3,4)19(26)24-18-13-11-12-16-23(18)17-25(23)20(27)22(5,6)15-10-8-2/h18H,7-17H2,1-6H3,(H,24,26)/t18-,23?,25?/m0/s1. The summed E-state index contributed by atoms with van der Waals surface area (Å²) in [4.78, 5) is 28.2. The molecule has 1 spiro atoms. The average molecular weight is 379 g/mol. The summed E-state index contributed by atoms with van der Waals surface area (Å²) in [5, 5.41) is 3.37. The Balaban J connectivity index is 2.06. The highest BCUT2D eigenvalue weighted by Crippen LogP contribution is 2.48. The Morgan fingerprint density at radius 3 is 2.19 bits per heavy atom. The van der Waals surface area contributed by atoms with E-state index in [9.17, 15) is 9.59 Å². The minimum atomic E-state index is -0.335. The molecule has 0 aromatic carbocycles. The van der Waals surface area contributed by atoms with Gasteiger partial charge in [0.1, 0.15) is 0 Å². The van der Waals surface area contributed by atoms with Gasteiger partial charge in [-0.25, -0.2) is 0 Å². The van der Waals surface area contributed by atoms with E-state index in [-0.39, 0.29) is 34.2 Å². The number of unbranched alkanes of at least 4 members (excludes halogenated alkanes) is 2. The van der Waals surface area contributed by atoms with Crippen molar-refractivity contribution < 1.29 is 9.59 Å². The number of carbonyl (C=O) groups excluding carboxylic acids is 2. The lowest BCUT2D eigenvalue weighted by atomic mass is 9.80. The second-order valence-electron chi connectivity index (χ2n) is 10.2. The number of nitrogens with one attached hydrogen (secondary N) is 1. The summed E-state index contributed by atoms with van der Waals surface area (Å²) < 4.78 is 0. The van der Waals surface area contributed by atoms with Crippen molar-refractivity contribution in [3.8, 4) is 0 Å². The van der Waals surface area contributed by atoms with Gasteiger partial charge in [-0.1, -0.05) is 80.1 Å². The third-order valence-corrected chi connectivity index (χ3v) is 6.92. The van der Waals surface area contributed by atoms with Gasteiger partial charge < -0.3 is 10.2 Å². The molecule has 1 aliphatic carbocycles. The van der Waals surface area contributed by atoms with Gasteiger partial charge in [-0.15, -0.1) is 0 Å². The van der Waals surface area contributed by atoms with Gasteiger partial charge in [-0.05, 0) is 25.7 Å². The Hall–Kier alpha value is -1.06. The van der Waals surface area contributed by atoms with Crippen molar-refractivity contribution in [2.24, 2.45) is 10.8 Å². The lowest BCUT2D eigenvalue weighted by Gasteiger charge is -2.36. The summed E-state index contributed by atoms with van der Waals surface area (Å²) in [5.74, 6) is 0.439. The maximum atomic E-state index is 13.2. The molecule has 2 fully saturated rings. The lowest BCUT2D eigenvalue weighted by molar-refractivity contribution is -0.138.